The van der Waals surface area contributed by atoms with Gasteiger partial charge in [0.05, 0.1) is 17.8 Å². The maximum Gasteiger partial charge on any atom is 0.410 e. The van der Waals surface area contributed by atoms with Gasteiger partial charge < -0.3 is 26.3 Å². The van der Waals surface area contributed by atoms with E-state index < -0.39 is 29.6 Å². The molecule has 1 saturated heterocycles. The van der Waals surface area contributed by atoms with Crippen LogP contribution in [0.2, 0.25) is 0 Å². The molecule has 3 amide bonds. The fraction of sp³-hybridized carbons (Fsp3) is 0.654. The van der Waals surface area contributed by atoms with Crippen LogP contribution in [-0.2, 0) is 25.7 Å². The fourth-order valence-corrected chi connectivity index (χ4v) is 4.92. The van der Waals surface area contributed by atoms with E-state index in [1.54, 1.807) is 36.4 Å². The van der Waals surface area contributed by atoms with Gasteiger partial charge in [0, 0.05) is 13.2 Å². The van der Waals surface area contributed by atoms with Crippen molar-refractivity contribution in [3.8, 4) is 0 Å². The predicted octanol–water partition coefficient (Wildman–Crippen LogP) is 2.05. The van der Waals surface area contributed by atoms with Gasteiger partial charge in [0.2, 0.25) is 11.8 Å². The van der Waals surface area contributed by atoms with E-state index in [4.69, 9.17) is 20.9 Å². The third-order valence-corrected chi connectivity index (χ3v) is 7.01. The summed E-state index contributed by atoms with van der Waals surface area (Å²) >= 11 is 0. The van der Waals surface area contributed by atoms with Crippen LogP contribution in [0, 0.1) is 5.92 Å². The van der Waals surface area contributed by atoms with Gasteiger partial charge in [-0.15, -0.1) is 10.2 Å². The summed E-state index contributed by atoms with van der Waals surface area (Å²) < 4.78 is 13.3. The average Bonchev–Trinajstić information content (AvgIpc) is 3.62. The summed E-state index contributed by atoms with van der Waals surface area (Å²) in [5.74, 6) is 0.0647. The molecule has 4 rings (SSSR count). The lowest BCUT2D eigenvalue weighted by molar-refractivity contribution is -0.126. The molecule has 38 heavy (non-hydrogen) atoms. The highest BCUT2D eigenvalue weighted by molar-refractivity contribution is 5.85. The second kappa shape index (κ2) is 12.5. The van der Waals surface area contributed by atoms with E-state index >= 15 is 0 Å². The normalized spacial score (nSPS) is 18.8. The van der Waals surface area contributed by atoms with Crippen LogP contribution < -0.4 is 16.8 Å². The molecule has 12 heteroatoms. The van der Waals surface area contributed by atoms with Crippen molar-refractivity contribution >= 4 is 23.6 Å². The zero-order valence-electron chi connectivity index (χ0n) is 21.5. The van der Waals surface area contributed by atoms with Crippen molar-refractivity contribution < 1.29 is 23.9 Å². The summed E-state index contributed by atoms with van der Waals surface area (Å²) in [6.45, 7) is 4.38. The zero-order chi connectivity index (χ0) is 26.6. The molecule has 0 bridgehead atoms. The Bertz CT molecular complexity index is 1120. The summed E-state index contributed by atoms with van der Waals surface area (Å²) in [4.78, 5) is 38.5. The summed E-state index contributed by atoms with van der Waals surface area (Å²) in [7, 11) is 0. The van der Waals surface area contributed by atoms with E-state index in [9.17, 15) is 14.4 Å². The Morgan fingerprint density at radius 3 is 2.58 bits per heavy atom. The van der Waals surface area contributed by atoms with E-state index in [1.165, 1.54) is 17.7 Å². The van der Waals surface area contributed by atoms with Crippen LogP contribution in [0.1, 0.15) is 77.4 Å². The van der Waals surface area contributed by atoms with Crippen LogP contribution in [0.15, 0.2) is 18.2 Å². The van der Waals surface area contributed by atoms with Gasteiger partial charge in [0.15, 0.2) is 11.5 Å². The number of nitrogens with two attached hydrogens (primary N) is 2. The number of nitrogens with one attached hydrogen (secondary N) is 1. The van der Waals surface area contributed by atoms with Gasteiger partial charge in [-0.25, -0.2) is 4.79 Å². The van der Waals surface area contributed by atoms with Gasteiger partial charge in [-0.2, -0.15) is 0 Å². The maximum absolute atomic E-state index is 12.8. The molecular formula is C26H41N7O5. The lowest BCUT2D eigenvalue weighted by Gasteiger charge is -2.24. The first kappa shape index (κ1) is 29.3. The van der Waals surface area contributed by atoms with Crippen molar-refractivity contribution in [2.24, 2.45) is 17.4 Å². The molecule has 5 N–H and O–H groups in total. The molecule has 2 aromatic heterocycles. The summed E-state index contributed by atoms with van der Waals surface area (Å²) in [6, 6.07) is 4.06. The second-order valence-electron chi connectivity index (χ2n) is 10.5. The Morgan fingerprint density at radius 1 is 1.16 bits per heavy atom. The molecule has 2 aliphatic rings. The van der Waals surface area contributed by atoms with Gasteiger partial charge >= 0.3 is 6.09 Å². The molecule has 0 unspecified atom stereocenters. The highest BCUT2D eigenvalue weighted by Crippen LogP contribution is 2.26. The van der Waals surface area contributed by atoms with E-state index in [2.05, 4.69) is 15.5 Å². The zero-order valence-corrected chi connectivity index (χ0v) is 21.5. The smallest absolute Gasteiger partial charge is 0.410 e. The van der Waals surface area contributed by atoms with Crippen molar-refractivity contribution in [3.63, 3.8) is 0 Å². The van der Waals surface area contributed by atoms with Gasteiger partial charge in [0.1, 0.15) is 18.7 Å². The number of likely N-dealkylation sites (tertiary alicyclic amines) is 1. The molecular weight excluding hydrogens is 490 g/mol. The largest absolute Gasteiger partial charge is 0.443 e. The van der Waals surface area contributed by atoms with E-state index in [0.717, 1.165) is 12.8 Å². The van der Waals surface area contributed by atoms with Gasteiger partial charge in [-0.3, -0.25) is 18.9 Å². The van der Waals surface area contributed by atoms with Crippen LogP contribution in [0.25, 0.3) is 5.65 Å². The Labute approximate surface area is 223 Å². The fourth-order valence-electron chi connectivity index (χ4n) is 4.92. The van der Waals surface area contributed by atoms with Crippen molar-refractivity contribution in [2.45, 2.75) is 84.0 Å². The number of primary amides is 1. The van der Waals surface area contributed by atoms with Gasteiger partial charge in [0.25, 0.3) is 0 Å². The van der Waals surface area contributed by atoms with Crippen molar-refractivity contribution in [1.29, 1.82) is 0 Å². The molecule has 2 aromatic rings. The quantitative estimate of drug-likeness (QED) is 0.419. The third-order valence-electron chi connectivity index (χ3n) is 7.01. The third kappa shape index (κ3) is 6.79. The molecule has 2 atom stereocenters. The molecule has 1 aliphatic carbocycles. The van der Waals surface area contributed by atoms with Crippen molar-refractivity contribution in [2.75, 3.05) is 19.8 Å². The number of carbonyl (C=O) groups excluding carboxylic acids is 3. The number of nitrogens with zero attached hydrogens (tertiary/aromatic N) is 4. The first-order valence-electron chi connectivity index (χ1n) is 12.9. The van der Waals surface area contributed by atoms with E-state index in [1.807, 2.05) is 0 Å². The van der Waals surface area contributed by atoms with E-state index in [-0.39, 0.29) is 26.5 Å². The standard InChI is InChI=1S/C25H37N7O5.CH4/c1-25(2,27)23(34)28-18(15-36-13-16-7-3-4-8-16)22-30-29-20-11-5-9-17(32(20)22)14-37-24(35)31-12-6-10-19(31)21(26)33;/h5,9,11,16,18-19H,3-4,6-8,10,12-15,27H2,1-2H3,(H2,26,33)(H,28,34);1H4/t18-,19-;/m1./s1. The molecule has 2 fully saturated rings. The van der Waals surface area contributed by atoms with Crippen LogP contribution in [0.4, 0.5) is 4.79 Å². The number of rotatable bonds is 10. The number of pyridine rings is 1. The minimum atomic E-state index is -1.10. The van der Waals surface area contributed by atoms with Crippen molar-refractivity contribution in [3.05, 3.63) is 29.7 Å². The van der Waals surface area contributed by atoms with E-state index in [0.29, 0.717) is 49.1 Å². The number of ether oxygens (including phenoxy) is 2. The number of aromatic nitrogens is 3. The summed E-state index contributed by atoms with van der Waals surface area (Å²) in [6.07, 6.45) is 5.31. The number of hydrogen-bond acceptors (Lipinski definition) is 8. The molecule has 12 nitrogen and oxygen atoms in total. The first-order chi connectivity index (χ1) is 17.6. The molecule has 0 aromatic carbocycles. The Morgan fingerprint density at radius 2 is 1.89 bits per heavy atom. The lowest BCUT2D eigenvalue weighted by atomic mass is 10.1. The molecule has 3 heterocycles. The lowest BCUT2D eigenvalue weighted by Crippen LogP contribution is -2.51. The number of fused-ring (bicyclic) bond motifs is 1. The SMILES string of the molecule is C.CC(C)(N)C(=O)N[C@H](COCC1CCCC1)c1nnc2cccc(COC(=O)N3CCC[C@@H]3C(N)=O)n12. The summed E-state index contributed by atoms with van der Waals surface area (Å²) in [5.41, 5.74) is 11.5. The second-order valence-corrected chi connectivity index (χ2v) is 10.5. The highest BCUT2D eigenvalue weighted by Gasteiger charge is 2.34. The van der Waals surface area contributed by atoms with Crippen LogP contribution in [-0.4, -0.2) is 68.7 Å². The Kier molecular flexibility index (Phi) is 9.66. The molecule has 0 radical (unpaired) electrons. The van der Waals surface area contributed by atoms with Crippen LogP contribution in [0.5, 0.6) is 0 Å². The number of amides is 3. The van der Waals surface area contributed by atoms with Gasteiger partial charge in [-0.05, 0) is 57.6 Å². The minimum absolute atomic E-state index is 0. The van der Waals surface area contributed by atoms with Gasteiger partial charge in [-0.1, -0.05) is 26.3 Å². The molecule has 210 valence electrons. The van der Waals surface area contributed by atoms with Crippen LogP contribution in [0.3, 0.4) is 0 Å². The topological polar surface area (TPSA) is 167 Å². The molecule has 0 spiro atoms. The molecule has 1 saturated carbocycles. The monoisotopic (exact) mass is 531 g/mol. The van der Waals surface area contributed by atoms with Crippen LogP contribution >= 0.6 is 0 Å². The molecule has 1 aliphatic heterocycles. The Balaban J connectivity index is 0.00000400. The Hall–Kier alpha value is -3.25. The summed E-state index contributed by atoms with van der Waals surface area (Å²) in [5, 5.41) is 11.6. The average molecular weight is 532 g/mol. The minimum Gasteiger partial charge on any atom is -0.443 e. The maximum atomic E-state index is 12.8. The highest BCUT2D eigenvalue weighted by atomic mass is 16.6. The van der Waals surface area contributed by atoms with Crippen molar-refractivity contribution in [1.82, 2.24) is 24.8 Å². The predicted molar refractivity (Wildman–Crippen MR) is 141 cm³/mol. The number of hydrogen-bond donors (Lipinski definition) is 3. The first-order valence-corrected chi connectivity index (χ1v) is 12.9. The number of carbonyl (C=O) groups is 3.